The van der Waals surface area contributed by atoms with Crippen molar-refractivity contribution in [3.05, 3.63) is 52.7 Å². The number of carbonyl (C=O) groups excluding carboxylic acids is 1. The molecule has 7 heteroatoms. The van der Waals surface area contributed by atoms with Gasteiger partial charge in [0.25, 0.3) is 0 Å². The van der Waals surface area contributed by atoms with Gasteiger partial charge in [0.15, 0.2) is 0 Å². The van der Waals surface area contributed by atoms with E-state index in [-0.39, 0.29) is 17.3 Å². The summed E-state index contributed by atoms with van der Waals surface area (Å²) in [5.41, 5.74) is 8.85. The lowest BCUT2D eigenvalue weighted by molar-refractivity contribution is -0.114. The van der Waals surface area contributed by atoms with Crippen LogP contribution in [0.2, 0.25) is 0 Å². The van der Waals surface area contributed by atoms with Gasteiger partial charge in [0, 0.05) is 22.5 Å². The van der Waals surface area contributed by atoms with Crippen LogP contribution in [0, 0.1) is 11.3 Å². The fourth-order valence-corrected chi connectivity index (χ4v) is 2.90. The number of nitrogen functional groups attached to an aromatic ring is 1. The minimum atomic E-state index is -0.158. The van der Waals surface area contributed by atoms with Gasteiger partial charge in [-0.1, -0.05) is 6.07 Å². The highest BCUT2D eigenvalue weighted by atomic mass is 79.9. The van der Waals surface area contributed by atoms with Gasteiger partial charge in [0.2, 0.25) is 5.91 Å². The molecular weight excluding hydrogens is 384 g/mol. The van der Waals surface area contributed by atoms with Crippen LogP contribution in [0.4, 0.5) is 11.5 Å². The van der Waals surface area contributed by atoms with Crippen LogP contribution in [0.25, 0.3) is 22.6 Å². The average molecular weight is 397 g/mol. The maximum atomic E-state index is 11.2. The van der Waals surface area contributed by atoms with Crippen molar-refractivity contribution in [2.45, 2.75) is 6.92 Å². The van der Waals surface area contributed by atoms with E-state index >= 15 is 0 Å². The van der Waals surface area contributed by atoms with E-state index in [9.17, 15) is 10.1 Å². The number of nitrogens with one attached hydrogen (secondary N) is 1. The third-order valence-corrected chi connectivity index (χ3v) is 4.18. The molecule has 0 saturated carbocycles. The molecule has 0 bridgehead atoms. The molecule has 0 saturated heterocycles. The van der Waals surface area contributed by atoms with Gasteiger partial charge in [0.1, 0.15) is 23.2 Å². The zero-order chi connectivity index (χ0) is 18.0. The molecule has 0 radical (unpaired) electrons. The van der Waals surface area contributed by atoms with E-state index in [2.05, 4.69) is 32.3 Å². The molecule has 3 rings (SSSR count). The zero-order valence-corrected chi connectivity index (χ0v) is 14.8. The summed E-state index contributed by atoms with van der Waals surface area (Å²) in [7, 11) is 0. The molecule has 25 heavy (non-hydrogen) atoms. The van der Waals surface area contributed by atoms with Crippen LogP contribution in [0.1, 0.15) is 12.5 Å². The largest absolute Gasteiger partial charge is 0.464 e. The number of pyridine rings is 1. The maximum absolute atomic E-state index is 11.2. The number of benzene rings is 1. The van der Waals surface area contributed by atoms with Gasteiger partial charge in [-0.25, -0.2) is 4.98 Å². The van der Waals surface area contributed by atoms with Crippen molar-refractivity contribution in [3.63, 3.8) is 0 Å². The normalized spacial score (nSPS) is 10.3. The first-order valence-electron chi connectivity index (χ1n) is 7.31. The number of nitriles is 1. The molecule has 0 atom stereocenters. The number of rotatable bonds is 3. The molecule has 0 fully saturated rings. The minimum Gasteiger partial charge on any atom is -0.464 e. The Kier molecular flexibility index (Phi) is 4.55. The Bertz CT molecular complexity index is 991. The van der Waals surface area contributed by atoms with Crippen LogP contribution in [-0.4, -0.2) is 10.9 Å². The molecule has 0 unspecified atom stereocenters. The molecule has 3 N–H and O–H groups in total. The predicted octanol–water partition coefficient (Wildman–Crippen LogP) is 4.18. The molecule has 0 aliphatic heterocycles. The summed E-state index contributed by atoms with van der Waals surface area (Å²) in [6.07, 6.45) is 1.53. The molecule has 124 valence electrons. The molecular formula is C18H13BrN4O2. The van der Waals surface area contributed by atoms with Crippen molar-refractivity contribution < 1.29 is 9.21 Å². The Morgan fingerprint density at radius 2 is 2.16 bits per heavy atom. The van der Waals surface area contributed by atoms with Crippen molar-refractivity contribution in [2.24, 2.45) is 0 Å². The van der Waals surface area contributed by atoms with Gasteiger partial charge in [-0.2, -0.15) is 5.26 Å². The van der Waals surface area contributed by atoms with Crippen molar-refractivity contribution >= 4 is 33.3 Å². The highest BCUT2D eigenvalue weighted by Gasteiger charge is 2.15. The Morgan fingerprint density at radius 1 is 1.36 bits per heavy atom. The number of furan rings is 1. The highest BCUT2D eigenvalue weighted by molar-refractivity contribution is 9.10. The summed E-state index contributed by atoms with van der Waals surface area (Å²) >= 11 is 3.43. The number of aromatic nitrogens is 1. The molecule has 0 spiro atoms. The number of hydrogen-bond donors (Lipinski definition) is 2. The van der Waals surface area contributed by atoms with E-state index in [1.54, 1.807) is 24.3 Å². The molecule has 0 aliphatic carbocycles. The molecule has 3 aromatic rings. The summed E-state index contributed by atoms with van der Waals surface area (Å²) in [6, 6.07) is 12.7. The van der Waals surface area contributed by atoms with Crippen LogP contribution in [0.3, 0.4) is 0 Å². The Hall–Kier alpha value is -3.11. The standard InChI is InChI=1S/C18H13BrN4O2/c1-10(24)22-15-5-4-11(7-14(15)19)16-8-12(17-3-2-6-25-17)13(9-20)18(21)23-16/h2-8H,1H3,(H2,21,23)(H,22,24). The molecule has 6 nitrogen and oxygen atoms in total. The summed E-state index contributed by atoms with van der Waals surface area (Å²) in [6.45, 7) is 1.44. The van der Waals surface area contributed by atoms with Crippen LogP contribution < -0.4 is 11.1 Å². The Balaban J connectivity index is 2.11. The van der Waals surface area contributed by atoms with Gasteiger partial charge < -0.3 is 15.5 Å². The molecule has 1 aromatic carbocycles. The number of carbonyl (C=O) groups is 1. The van der Waals surface area contributed by atoms with Gasteiger partial charge in [-0.15, -0.1) is 0 Å². The van der Waals surface area contributed by atoms with Crippen LogP contribution in [0.15, 0.2) is 51.6 Å². The highest BCUT2D eigenvalue weighted by Crippen LogP contribution is 2.33. The van der Waals surface area contributed by atoms with E-state index < -0.39 is 0 Å². The van der Waals surface area contributed by atoms with Gasteiger partial charge in [0.05, 0.1) is 17.6 Å². The van der Waals surface area contributed by atoms with E-state index in [1.165, 1.54) is 13.2 Å². The summed E-state index contributed by atoms with van der Waals surface area (Å²) in [4.78, 5) is 15.5. The average Bonchev–Trinajstić information content (AvgIpc) is 3.10. The number of hydrogen-bond acceptors (Lipinski definition) is 5. The second kappa shape index (κ2) is 6.79. The van der Waals surface area contributed by atoms with Crippen molar-refractivity contribution in [3.8, 4) is 28.7 Å². The number of halogens is 1. The van der Waals surface area contributed by atoms with E-state index in [0.717, 1.165) is 5.56 Å². The first kappa shape index (κ1) is 16.7. The summed E-state index contributed by atoms with van der Waals surface area (Å²) < 4.78 is 6.12. The van der Waals surface area contributed by atoms with Crippen molar-refractivity contribution in [2.75, 3.05) is 11.1 Å². The van der Waals surface area contributed by atoms with Crippen molar-refractivity contribution in [1.29, 1.82) is 5.26 Å². The first-order chi connectivity index (χ1) is 12.0. The third-order valence-electron chi connectivity index (χ3n) is 3.52. The fourth-order valence-electron chi connectivity index (χ4n) is 2.42. The summed E-state index contributed by atoms with van der Waals surface area (Å²) in [5.74, 6) is 0.517. The molecule has 2 heterocycles. The Morgan fingerprint density at radius 3 is 2.76 bits per heavy atom. The second-order valence-corrected chi connectivity index (χ2v) is 6.13. The SMILES string of the molecule is CC(=O)Nc1ccc(-c2cc(-c3ccco3)c(C#N)c(N)n2)cc1Br. The van der Waals surface area contributed by atoms with Crippen LogP contribution >= 0.6 is 15.9 Å². The van der Waals surface area contributed by atoms with E-state index in [0.29, 0.717) is 27.2 Å². The number of anilines is 2. The van der Waals surface area contributed by atoms with Crippen molar-refractivity contribution in [1.82, 2.24) is 4.98 Å². The van der Waals surface area contributed by atoms with Crippen LogP contribution in [-0.2, 0) is 4.79 Å². The molecule has 1 amide bonds. The Labute approximate surface area is 152 Å². The number of amides is 1. The van der Waals surface area contributed by atoms with Gasteiger partial charge in [-0.05, 0) is 46.3 Å². The zero-order valence-electron chi connectivity index (χ0n) is 13.2. The quantitative estimate of drug-likeness (QED) is 0.690. The third kappa shape index (κ3) is 3.39. The van der Waals surface area contributed by atoms with E-state index in [1.807, 2.05) is 12.1 Å². The summed E-state index contributed by atoms with van der Waals surface area (Å²) in [5, 5.41) is 12.1. The predicted molar refractivity (Wildman–Crippen MR) is 98.5 cm³/mol. The lowest BCUT2D eigenvalue weighted by atomic mass is 10.0. The minimum absolute atomic E-state index is 0.133. The van der Waals surface area contributed by atoms with Gasteiger partial charge in [-0.3, -0.25) is 4.79 Å². The monoisotopic (exact) mass is 396 g/mol. The maximum Gasteiger partial charge on any atom is 0.221 e. The lowest BCUT2D eigenvalue weighted by Crippen LogP contribution is -2.06. The molecule has 0 aliphatic rings. The van der Waals surface area contributed by atoms with E-state index in [4.69, 9.17) is 10.2 Å². The topological polar surface area (TPSA) is 105 Å². The first-order valence-corrected chi connectivity index (χ1v) is 8.11. The van der Waals surface area contributed by atoms with Gasteiger partial charge >= 0.3 is 0 Å². The van der Waals surface area contributed by atoms with Crippen LogP contribution in [0.5, 0.6) is 0 Å². The fraction of sp³-hybridized carbons (Fsp3) is 0.0556. The second-order valence-electron chi connectivity index (χ2n) is 5.28. The smallest absolute Gasteiger partial charge is 0.221 e. The molecule has 2 aromatic heterocycles. The number of nitrogens with zero attached hydrogens (tertiary/aromatic N) is 2. The lowest BCUT2D eigenvalue weighted by Gasteiger charge is -2.10. The number of nitrogens with two attached hydrogens (primary N) is 1.